The first-order valence-corrected chi connectivity index (χ1v) is 8.62. The number of carbonyl (C=O) groups excluding carboxylic acids is 1. The van der Waals surface area contributed by atoms with Gasteiger partial charge in [0.25, 0.3) is 5.91 Å². The monoisotopic (exact) mass is 420 g/mol. The van der Waals surface area contributed by atoms with Gasteiger partial charge >= 0.3 is 6.18 Å². The second-order valence-corrected chi connectivity index (χ2v) is 6.60. The molecule has 1 aromatic carbocycles. The molecule has 4 rings (SSSR count). The Kier molecular flexibility index (Phi) is 4.50. The van der Waals surface area contributed by atoms with Gasteiger partial charge in [-0.25, -0.2) is 14.6 Å². The van der Waals surface area contributed by atoms with Gasteiger partial charge in [-0.3, -0.25) is 4.79 Å². The summed E-state index contributed by atoms with van der Waals surface area (Å²) in [7, 11) is 1.57. The Bertz CT molecular complexity index is 1230. The highest BCUT2D eigenvalue weighted by Gasteiger charge is 2.34. The molecule has 0 atom stereocenters. The first-order chi connectivity index (χ1) is 13.7. The minimum atomic E-state index is -4.54. The summed E-state index contributed by atoms with van der Waals surface area (Å²) in [6.07, 6.45) is -3.30. The van der Waals surface area contributed by atoms with Crippen LogP contribution in [0.1, 0.15) is 16.2 Å². The molecule has 0 unspecified atom stereocenters. The van der Waals surface area contributed by atoms with Crippen molar-refractivity contribution in [2.45, 2.75) is 6.18 Å². The van der Waals surface area contributed by atoms with E-state index in [1.807, 2.05) is 0 Å². The zero-order valence-electron chi connectivity index (χ0n) is 14.8. The van der Waals surface area contributed by atoms with Crippen LogP contribution in [-0.4, -0.2) is 30.6 Å². The van der Waals surface area contributed by atoms with Crippen LogP contribution in [0.15, 0.2) is 42.7 Å². The number of anilines is 1. The van der Waals surface area contributed by atoms with Crippen molar-refractivity contribution in [3.8, 4) is 11.3 Å². The number of aryl methyl sites for hydroxylation is 1. The van der Waals surface area contributed by atoms with Crippen molar-refractivity contribution < 1.29 is 18.0 Å². The molecular formula is C18H12ClF3N6O. The minimum Gasteiger partial charge on any atom is -0.339 e. The SMILES string of the molecule is Cn1ncnc1C(=O)Nc1ccc2cc(-c3cc(Cl)ccc3C(F)(F)F)[nH]c2n1. The number of rotatable bonds is 3. The number of carbonyl (C=O) groups is 1. The number of H-pyrrole nitrogens is 1. The third-order valence-corrected chi connectivity index (χ3v) is 4.45. The Balaban J connectivity index is 1.71. The Morgan fingerprint density at radius 2 is 2.00 bits per heavy atom. The maximum Gasteiger partial charge on any atom is 0.417 e. The first-order valence-electron chi connectivity index (χ1n) is 8.24. The van der Waals surface area contributed by atoms with Crippen molar-refractivity contribution in [3.05, 3.63) is 59.1 Å². The summed E-state index contributed by atoms with van der Waals surface area (Å²) < 4.78 is 41.4. The van der Waals surface area contributed by atoms with E-state index < -0.39 is 17.6 Å². The summed E-state index contributed by atoms with van der Waals surface area (Å²) in [4.78, 5) is 23.2. The van der Waals surface area contributed by atoms with Crippen LogP contribution in [0.25, 0.3) is 22.3 Å². The molecule has 0 bridgehead atoms. The molecule has 3 aromatic heterocycles. The lowest BCUT2D eigenvalue weighted by atomic mass is 10.0. The molecule has 3 heterocycles. The van der Waals surface area contributed by atoms with E-state index in [1.165, 1.54) is 35.3 Å². The van der Waals surface area contributed by atoms with Crippen LogP contribution in [0.2, 0.25) is 5.02 Å². The molecular weight excluding hydrogens is 409 g/mol. The fourth-order valence-electron chi connectivity index (χ4n) is 2.88. The number of hydrogen-bond donors (Lipinski definition) is 2. The maximum absolute atomic E-state index is 13.4. The normalized spacial score (nSPS) is 11.8. The fourth-order valence-corrected chi connectivity index (χ4v) is 3.05. The minimum absolute atomic E-state index is 0.0901. The van der Waals surface area contributed by atoms with Crippen LogP contribution >= 0.6 is 11.6 Å². The Hall–Kier alpha value is -3.40. The quantitative estimate of drug-likeness (QED) is 0.517. The number of aromatic amines is 1. The Labute approximate surface area is 166 Å². The second-order valence-electron chi connectivity index (χ2n) is 6.17. The molecule has 0 aliphatic rings. The second kappa shape index (κ2) is 6.89. The fraction of sp³-hybridized carbons (Fsp3) is 0.111. The summed E-state index contributed by atoms with van der Waals surface area (Å²) >= 11 is 5.90. The molecule has 148 valence electrons. The zero-order chi connectivity index (χ0) is 20.8. The molecule has 0 saturated carbocycles. The molecule has 0 fully saturated rings. The van der Waals surface area contributed by atoms with Gasteiger partial charge in [0.15, 0.2) is 0 Å². The largest absolute Gasteiger partial charge is 0.417 e. The van der Waals surface area contributed by atoms with Gasteiger partial charge in [0.05, 0.1) is 5.56 Å². The molecule has 0 aliphatic carbocycles. The highest BCUT2D eigenvalue weighted by Crippen LogP contribution is 2.38. The van der Waals surface area contributed by atoms with Gasteiger partial charge < -0.3 is 10.3 Å². The number of hydrogen-bond acceptors (Lipinski definition) is 4. The number of aromatic nitrogens is 5. The van der Waals surface area contributed by atoms with Crippen molar-refractivity contribution in [3.63, 3.8) is 0 Å². The zero-order valence-corrected chi connectivity index (χ0v) is 15.5. The number of fused-ring (bicyclic) bond motifs is 1. The van der Waals surface area contributed by atoms with Crippen molar-refractivity contribution in [2.24, 2.45) is 7.05 Å². The third-order valence-electron chi connectivity index (χ3n) is 4.21. The standard InChI is InChI=1S/C18H12ClF3N6O/c1-28-16(23-8-24-28)17(29)27-14-5-2-9-6-13(25-15(9)26-14)11-7-10(19)3-4-12(11)18(20,21)22/h2-8H,1H3,(H2,25,26,27,29). The lowest BCUT2D eigenvalue weighted by Crippen LogP contribution is -2.18. The summed E-state index contributed by atoms with van der Waals surface area (Å²) in [6.45, 7) is 0. The number of nitrogens with one attached hydrogen (secondary N) is 2. The number of amides is 1. The van der Waals surface area contributed by atoms with Crippen molar-refractivity contribution in [2.75, 3.05) is 5.32 Å². The first kappa shape index (κ1) is 18.9. The predicted octanol–water partition coefficient (Wildman–Crippen LogP) is 4.28. The highest BCUT2D eigenvalue weighted by atomic mass is 35.5. The van der Waals surface area contributed by atoms with Crippen LogP contribution in [0.4, 0.5) is 19.0 Å². The number of nitrogens with zero attached hydrogens (tertiary/aromatic N) is 4. The topological polar surface area (TPSA) is 88.5 Å². The van der Waals surface area contributed by atoms with E-state index in [9.17, 15) is 18.0 Å². The van der Waals surface area contributed by atoms with Crippen LogP contribution in [0.5, 0.6) is 0 Å². The molecule has 7 nitrogen and oxygen atoms in total. The predicted molar refractivity (Wildman–Crippen MR) is 100 cm³/mol. The van der Waals surface area contributed by atoms with Crippen LogP contribution in [0.3, 0.4) is 0 Å². The third kappa shape index (κ3) is 3.66. The smallest absolute Gasteiger partial charge is 0.339 e. The van der Waals surface area contributed by atoms with E-state index in [-0.39, 0.29) is 27.9 Å². The number of pyridine rings is 1. The van der Waals surface area contributed by atoms with Crippen LogP contribution in [0, 0.1) is 0 Å². The Morgan fingerprint density at radius 1 is 1.21 bits per heavy atom. The van der Waals surface area contributed by atoms with Crippen molar-refractivity contribution in [1.29, 1.82) is 0 Å². The summed E-state index contributed by atoms with van der Waals surface area (Å²) in [5.41, 5.74) is -0.389. The van der Waals surface area contributed by atoms with Gasteiger partial charge in [-0.2, -0.15) is 18.3 Å². The van der Waals surface area contributed by atoms with Gasteiger partial charge in [0, 0.05) is 28.7 Å². The van der Waals surface area contributed by atoms with Crippen LogP contribution < -0.4 is 5.32 Å². The summed E-state index contributed by atoms with van der Waals surface area (Å²) in [5, 5.41) is 7.14. The molecule has 1 amide bonds. The molecule has 2 N–H and O–H groups in total. The number of alkyl halides is 3. The molecule has 0 saturated heterocycles. The van der Waals surface area contributed by atoms with E-state index in [0.29, 0.717) is 11.0 Å². The summed E-state index contributed by atoms with van der Waals surface area (Å²) in [6, 6.07) is 8.07. The lowest BCUT2D eigenvalue weighted by Gasteiger charge is -2.12. The van der Waals surface area contributed by atoms with Crippen molar-refractivity contribution in [1.82, 2.24) is 24.7 Å². The van der Waals surface area contributed by atoms with E-state index in [0.717, 1.165) is 6.07 Å². The molecule has 0 spiro atoms. The maximum atomic E-state index is 13.4. The van der Waals surface area contributed by atoms with Gasteiger partial charge in [0.2, 0.25) is 5.82 Å². The molecule has 0 radical (unpaired) electrons. The van der Waals surface area contributed by atoms with E-state index in [4.69, 9.17) is 11.6 Å². The average molecular weight is 421 g/mol. The van der Waals surface area contributed by atoms with E-state index in [1.54, 1.807) is 13.1 Å². The number of benzene rings is 1. The summed E-state index contributed by atoms with van der Waals surface area (Å²) in [5.74, 6) is -0.216. The van der Waals surface area contributed by atoms with Gasteiger partial charge in [-0.05, 0) is 36.4 Å². The van der Waals surface area contributed by atoms with Crippen LogP contribution in [-0.2, 0) is 13.2 Å². The van der Waals surface area contributed by atoms with Gasteiger partial charge in [-0.1, -0.05) is 11.6 Å². The van der Waals surface area contributed by atoms with E-state index in [2.05, 4.69) is 25.4 Å². The molecule has 0 aliphatic heterocycles. The Morgan fingerprint density at radius 3 is 2.69 bits per heavy atom. The van der Waals surface area contributed by atoms with Gasteiger partial charge in [-0.15, -0.1) is 0 Å². The lowest BCUT2D eigenvalue weighted by molar-refractivity contribution is -0.137. The molecule has 29 heavy (non-hydrogen) atoms. The number of halogens is 4. The molecule has 4 aromatic rings. The van der Waals surface area contributed by atoms with E-state index >= 15 is 0 Å². The molecule has 11 heteroatoms. The highest BCUT2D eigenvalue weighted by molar-refractivity contribution is 6.30. The van der Waals surface area contributed by atoms with Crippen molar-refractivity contribution >= 4 is 34.4 Å². The van der Waals surface area contributed by atoms with Gasteiger partial charge in [0.1, 0.15) is 17.8 Å². The average Bonchev–Trinajstić information content (AvgIpc) is 3.26.